The first-order valence-corrected chi connectivity index (χ1v) is 12.2. The van der Waals surface area contributed by atoms with Crippen LogP contribution in [-0.2, 0) is 14.3 Å². The Morgan fingerprint density at radius 1 is 1.08 bits per heavy atom. The van der Waals surface area contributed by atoms with E-state index in [0.717, 1.165) is 29.4 Å². The number of fused-ring (bicyclic) bond motifs is 1. The summed E-state index contributed by atoms with van der Waals surface area (Å²) in [6.45, 7) is 3.68. The molecule has 4 N–H and O–H groups in total. The van der Waals surface area contributed by atoms with Gasteiger partial charge in [0.15, 0.2) is 6.29 Å². The molecule has 9 nitrogen and oxygen atoms in total. The van der Waals surface area contributed by atoms with Crippen molar-refractivity contribution in [3.05, 3.63) is 47.5 Å². The van der Waals surface area contributed by atoms with E-state index in [4.69, 9.17) is 9.47 Å². The van der Waals surface area contributed by atoms with Gasteiger partial charge >= 0.3 is 0 Å². The van der Waals surface area contributed by atoms with Gasteiger partial charge in [-0.1, -0.05) is 18.2 Å². The van der Waals surface area contributed by atoms with Crippen molar-refractivity contribution in [1.29, 1.82) is 5.26 Å². The summed E-state index contributed by atoms with van der Waals surface area (Å²) in [7, 11) is 1.30. The number of hydrogen-bond acceptors (Lipinski definition) is 8. The lowest BCUT2D eigenvalue weighted by Gasteiger charge is -2.39. The molecule has 2 fully saturated rings. The van der Waals surface area contributed by atoms with Gasteiger partial charge in [-0.3, -0.25) is 4.79 Å². The number of benzene rings is 2. The predicted molar refractivity (Wildman–Crippen MR) is 135 cm³/mol. The topological polar surface area (TPSA) is 135 Å². The van der Waals surface area contributed by atoms with Gasteiger partial charge in [0.25, 0.3) is 5.91 Å². The molecule has 2 aromatic rings. The van der Waals surface area contributed by atoms with E-state index in [9.17, 15) is 25.4 Å². The van der Waals surface area contributed by atoms with Crippen LogP contribution in [0, 0.1) is 11.3 Å². The molecule has 2 aliphatic heterocycles. The number of allylic oxidation sites excluding steroid dienone is 1. The molecule has 1 amide bonds. The minimum absolute atomic E-state index is 0.0616. The highest BCUT2D eigenvalue weighted by atomic mass is 16.7. The van der Waals surface area contributed by atoms with E-state index in [2.05, 4.69) is 28.4 Å². The normalized spacial score (nSPS) is 27.3. The molecule has 4 rings (SSSR count). The minimum Gasteiger partial charge on any atom is -0.388 e. The highest BCUT2D eigenvalue weighted by Crippen LogP contribution is 2.28. The fraction of sp³-hybridized carbons (Fsp3) is 0.481. The number of nitrogens with zero attached hydrogens (tertiary/aromatic N) is 2. The summed E-state index contributed by atoms with van der Waals surface area (Å²) in [4.78, 5) is 15.2. The first-order chi connectivity index (χ1) is 17.3. The van der Waals surface area contributed by atoms with Crippen LogP contribution in [0.1, 0.15) is 31.7 Å². The Bertz CT molecular complexity index is 1170. The summed E-state index contributed by atoms with van der Waals surface area (Å²) in [6, 6.07) is 14.2. The Labute approximate surface area is 210 Å². The molecular weight excluding hydrogens is 462 g/mol. The molecule has 0 aliphatic carbocycles. The molecule has 0 saturated carbocycles. The van der Waals surface area contributed by atoms with Gasteiger partial charge in [-0.25, -0.2) is 0 Å². The molecule has 2 aliphatic rings. The number of aliphatic hydroxyl groups is 3. The first kappa shape index (κ1) is 26.1. The largest absolute Gasteiger partial charge is 0.388 e. The Morgan fingerprint density at radius 3 is 2.47 bits per heavy atom. The van der Waals surface area contributed by atoms with Crippen molar-refractivity contribution < 1.29 is 29.6 Å². The number of amides is 1. The van der Waals surface area contributed by atoms with Crippen molar-refractivity contribution >= 4 is 27.9 Å². The van der Waals surface area contributed by atoms with Gasteiger partial charge in [0.2, 0.25) is 0 Å². The van der Waals surface area contributed by atoms with Crippen LogP contribution >= 0.6 is 0 Å². The molecule has 5 atom stereocenters. The quantitative estimate of drug-likeness (QED) is 0.351. The maximum atomic E-state index is 12.8. The predicted octanol–water partition coefficient (Wildman–Crippen LogP) is 1.70. The van der Waals surface area contributed by atoms with E-state index in [1.165, 1.54) is 32.1 Å². The van der Waals surface area contributed by atoms with E-state index < -0.39 is 36.6 Å². The van der Waals surface area contributed by atoms with Crippen molar-refractivity contribution in [2.45, 2.75) is 56.9 Å². The summed E-state index contributed by atoms with van der Waals surface area (Å²) >= 11 is 0. The Kier molecular flexibility index (Phi) is 8.24. The zero-order chi connectivity index (χ0) is 25.8. The SMILES string of the molecule is CO[C@H]1OC(CNC(=O)/C(C#N)=C(/C)c2ccc3cc(N4CCCCC4)ccc3c2)[C@H](O)[C@H](O)[C@H]1O. The molecule has 2 saturated heterocycles. The van der Waals surface area contributed by atoms with Crippen LogP contribution in [0.2, 0.25) is 0 Å². The minimum atomic E-state index is -1.49. The number of rotatable bonds is 6. The van der Waals surface area contributed by atoms with Crippen LogP contribution in [0.5, 0.6) is 0 Å². The third kappa shape index (κ3) is 5.38. The second-order valence-corrected chi connectivity index (χ2v) is 9.37. The van der Waals surface area contributed by atoms with Gasteiger partial charge in [-0.2, -0.15) is 5.26 Å². The third-order valence-corrected chi connectivity index (χ3v) is 7.06. The van der Waals surface area contributed by atoms with E-state index in [-0.39, 0.29) is 12.1 Å². The lowest BCUT2D eigenvalue weighted by molar-refractivity contribution is -0.288. The van der Waals surface area contributed by atoms with Crippen LogP contribution in [0.4, 0.5) is 5.69 Å². The smallest absolute Gasteiger partial charge is 0.262 e. The van der Waals surface area contributed by atoms with Crippen LogP contribution in [-0.4, -0.2) is 78.7 Å². The summed E-state index contributed by atoms with van der Waals surface area (Å²) in [5.74, 6) is -0.624. The fourth-order valence-electron chi connectivity index (χ4n) is 4.83. The molecule has 2 aromatic carbocycles. The number of carbonyl (C=O) groups excluding carboxylic acids is 1. The van der Waals surface area contributed by atoms with Crippen LogP contribution in [0.15, 0.2) is 42.0 Å². The van der Waals surface area contributed by atoms with Gasteiger partial charge in [-0.05, 0) is 66.3 Å². The maximum absolute atomic E-state index is 12.8. The average molecular weight is 496 g/mol. The average Bonchev–Trinajstić information content (AvgIpc) is 2.91. The first-order valence-electron chi connectivity index (χ1n) is 12.2. The van der Waals surface area contributed by atoms with E-state index in [0.29, 0.717) is 5.57 Å². The summed E-state index contributed by atoms with van der Waals surface area (Å²) < 4.78 is 10.4. The second kappa shape index (κ2) is 11.4. The number of nitrogens with one attached hydrogen (secondary N) is 1. The molecule has 36 heavy (non-hydrogen) atoms. The number of carbonyl (C=O) groups is 1. The van der Waals surface area contributed by atoms with Gasteiger partial charge in [0, 0.05) is 32.4 Å². The Morgan fingerprint density at radius 2 is 1.78 bits per heavy atom. The summed E-state index contributed by atoms with van der Waals surface area (Å²) in [5, 5.41) is 44.5. The monoisotopic (exact) mass is 495 g/mol. The van der Waals surface area contributed by atoms with Gasteiger partial charge in [0.05, 0.1) is 0 Å². The highest BCUT2D eigenvalue weighted by Gasteiger charge is 2.44. The maximum Gasteiger partial charge on any atom is 0.262 e. The molecule has 192 valence electrons. The fourth-order valence-corrected chi connectivity index (χ4v) is 4.83. The molecule has 0 spiro atoms. The number of ether oxygens (including phenoxy) is 2. The number of nitriles is 1. The van der Waals surface area contributed by atoms with Crippen LogP contribution in [0.3, 0.4) is 0 Å². The molecule has 0 bridgehead atoms. The molecular formula is C27H33N3O6. The van der Waals surface area contributed by atoms with Crippen molar-refractivity contribution in [2.75, 3.05) is 31.6 Å². The highest BCUT2D eigenvalue weighted by molar-refractivity contribution is 6.05. The number of piperidine rings is 1. The number of anilines is 1. The van der Waals surface area contributed by atoms with Crippen LogP contribution in [0.25, 0.3) is 16.3 Å². The summed E-state index contributed by atoms with van der Waals surface area (Å²) in [5.41, 5.74) is 2.42. The lowest BCUT2D eigenvalue weighted by Crippen LogP contribution is -2.60. The van der Waals surface area contributed by atoms with E-state index in [1.54, 1.807) is 6.92 Å². The number of methoxy groups -OCH3 is 1. The zero-order valence-corrected chi connectivity index (χ0v) is 20.6. The third-order valence-electron chi connectivity index (χ3n) is 7.06. The molecule has 0 aromatic heterocycles. The standard InChI is InChI=1S/C27H33N3O6/c1-16(17-6-7-19-13-20(9-8-18(19)12-17)30-10-4-3-5-11-30)21(14-28)26(34)29-15-22-23(31)24(32)25(33)27(35-2)36-22/h6-9,12-13,22-25,27,31-33H,3-5,10-11,15H2,1-2H3,(H,29,34)/b21-16-/t22?,23-,24-,25+,27-/m0/s1. The van der Waals surface area contributed by atoms with Crippen molar-refractivity contribution in [1.82, 2.24) is 5.32 Å². The van der Waals surface area contributed by atoms with E-state index in [1.807, 2.05) is 24.3 Å². The zero-order valence-electron chi connectivity index (χ0n) is 20.6. The van der Waals surface area contributed by atoms with Crippen molar-refractivity contribution in [3.63, 3.8) is 0 Å². The number of aliphatic hydroxyl groups excluding tert-OH is 3. The number of hydrogen-bond donors (Lipinski definition) is 4. The molecule has 0 radical (unpaired) electrons. The Balaban J connectivity index is 1.49. The lowest BCUT2D eigenvalue weighted by atomic mass is 9.97. The van der Waals surface area contributed by atoms with Gasteiger partial charge in [0.1, 0.15) is 36.1 Å². The molecule has 1 unspecified atom stereocenters. The second-order valence-electron chi connectivity index (χ2n) is 9.37. The summed E-state index contributed by atoms with van der Waals surface area (Å²) in [6.07, 6.45) is -2.82. The van der Waals surface area contributed by atoms with Gasteiger partial charge < -0.3 is 35.0 Å². The van der Waals surface area contributed by atoms with Crippen molar-refractivity contribution in [2.24, 2.45) is 0 Å². The van der Waals surface area contributed by atoms with Gasteiger partial charge in [-0.15, -0.1) is 0 Å². The Hall–Kier alpha value is -3.00. The molecule has 2 heterocycles. The van der Waals surface area contributed by atoms with E-state index >= 15 is 0 Å². The molecule has 9 heteroatoms. The van der Waals surface area contributed by atoms with Crippen molar-refractivity contribution in [3.8, 4) is 6.07 Å². The van der Waals surface area contributed by atoms with Crippen LogP contribution < -0.4 is 10.2 Å².